The summed E-state index contributed by atoms with van der Waals surface area (Å²) in [6, 6.07) is 1.59. The zero-order valence-corrected chi connectivity index (χ0v) is 13.5. The van der Waals surface area contributed by atoms with Crippen LogP contribution < -0.4 is 5.32 Å². The van der Waals surface area contributed by atoms with E-state index in [4.69, 9.17) is 16.1 Å². The predicted octanol–water partition coefficient (Wildman–Crippen LogP) is 0.750. The lowest BCUT2D eigenvalue weighted by Gasteiger charge is -2.46. The van der Waals surface area contributed by atoms with Gasteiger partial charge in [0.05, 0.1) is 11.5 Å². The zero-order chi connectivity index (χ0) is 16.4. The number of aromatic nitrogens is 1. The maximum absolute atomic E-state index is 12.4. The molecule has 2 fully saturated rings. The molecular formula is C15H20ClN3O4. The normalized spacial score (nSPS) is 28.0. The van der Waals surface area contributed by atoms with Gasteiger partial charge in [0, 0.05) is 38.5 Å². The summed E-state index contributed by atoms with van der Waals surface area (Å²) in [6.07, 6.45) is 1.84. The third-order valence-electron chi connectivity index (χ3n) is 4.79. The number of piperidine rings is 2. The Hall–Kier alpha value is -1.60. The van der Waals surface area contributed by atoms with Crippen molar-refractivity contribution in [2.45, 2.75) is 38.2 Å². The number of hydrogen-bond donors (Lipinski definition) is 2. The highest BCUT2D eigenvalue weighted by molar-refractivity contribution is 6.29. The van der Waals surface area contributed by atoms with Gasteiger partial charge in [-0.25, -0.2) is 0 Å². The number of hydrogen-bond acceptors (Lipinski definition) is 5. The molecule has 0 saturated carbocycles. The standard InChI is InChI=1S/C15H20ClN3O4/c16-12-8-10(23-18-12)2-3-13(21)19-7-4-11(20)15(9-19)5-1-6-17-14(15)22/h8,11,20H,1-7,9H2,(H,17,22)/t11-,15+/m0/s1. The van der Waals surface area contributed by atoms with E-state index in [-0.39, 0.29) is 29.9 Å². The molecule has 2 aliphatic rings. The molecule has 3 rings (SSSR count). The fourth-order valence-corrected chi connectivity index (χ4v) is 3.61. The maximum atomic E-state index is 12.4. The Labute approximate surface area is 138 Å². The number of aryl methyl sites for hydroxylation is 1. The van der Waals surface area contributed by atoms with Crippen LogP contribution in [0.25, 0.3) is 0 Å². The minimum atomic E-state index is -0.859. The monoisotopic (exact) mass is 341 g/mol. The van der Waals surface area contributed by atoms with E-state index in [1.165, 1.54) is 0 Å². The van der Waals surface area contributed by atoms with Crippen LogP contribution in [0, 0.1) is 5.41 Å². The number of carbonyl (C=O) groups is 2. The van der Waals surface area contributed by atoms with Gasteiger partial charge in [-0.05, 0) is 19.3 Å². The minimum Gasteiger partial charge on any atom is -0.392 e. The van der Waals surface area contributed by atoms with Crippen molar-refractivity contribution >= 4 is 23.4 Å². The van der Waals surface area contributed by atoms with E-state index >= 15 is 0 Å². The van der Waals surface area contributed by atoms with Crippen molar-refractivity contribution < 1.29 is 19.2 Å². The molecule has 2 aliphatic heterocycles. The first-order valence-corrected chi connectivity index (χ1v) is 8.24. The first kappa shape index (κ1) is 16.3. The molecule has 0 aromatic carbocycles. The highest BCUT2D eigenvalue weighted by atomic mass is 35.5. The molecule has 8 heteroatoms. The quantitative estimate of drug-likeness (QED) is 0.845. The van der Waals surface area contributed by atoms with E-state index in [9.17, 15) is 14.7 Å². The number of carbonyl (C=O) groups excluding carboxylic acids is 2. The predicted molar refractivity (Wildman–Crippen MR) is 81.7 cm³/mol. The van der Waals surface area contributed by atoms with Crippen LogP contribution in [0.3, 0.4) is 0 Å². The summed E-state index contributed by atoms with van der Waals surface area (Å²) in [7, 11) is 0. The summed E-state index contributed by atoms with van der Waals surface area (Å²) in [5.41, 5.74) is -0.859. The Balaban J connectivity index is 1.63. The van der Waals surface area contributed by atoms with Gasteiger partial charge in [-0.1, -0.05) is 16.8 Å². The molecule has 0 aliphatic carbocycles. The van der Waals surface area contributed by atoms with Crippen molar-refractivity contribution in [2.24, 2.45) is 5.41 Å². The van der Waals surface area contributed by atoms with Gasteiger partial charge in [-0.15, -0.1) is 0 Å². The smallest absolute Gasteiger partial charge is 0.230 e. The van der Waals surface area contributed by atoms with Crippen LogP contribution >= 0.6 is 11.6 Å². The lowest BCUT2D eigenvalue weighted by atomic mass is 9.71. The summed E-state index contributed by atoms with van der Waals surface area (Å²) in [5, 5.41) is 17.0. The lowest BCUT2D eigenvalue weighted by molar-refractivity contribution is -0.154. The Kier molecular flexibility index (Phi) is 4.59. The molecular weight excluding hydrogens is 322 g/mol. The first-order chi connectivity index (χ1) is 11.0. The van der Waals surface area contributed by atoms with Gasteiger partial charge in [0.25, 0.3) is 0 Å². The number of halogens is 1. The summed E-state index contributed by atoms with van der Waals surface area (Å²) in [4.78, 5) is 26.4. The Bertz CT molecular complexity index is 605. The van der Waals surface area contributed by atoms with Crippen molar-refractivity contribution in [1.29, 1.82) is 0 Å². The molecule has 23 heavy (non-hydrogen) atoms. The Morgan fingerprint density at radius 2 is 2.43 bits per heavy atom. The van der Waals surface area contributed by atoms with Crippen LogP contribution in [-0.4, -0.2) is 52.7 Å². The summed E-state index contributed by atoms with van der Waals surface area (Å²) in [6.45, 7) is 1.37. The highest BCUT2D eigenvalue weighted by Crippen LogP contribution is 2.37. The van der Waals surface area contributed by atoms with Gasteiger partial charge in [0.1, 0.15) is 5.76 Å². The van der Waals surface area contributed by atoms with Crippen molar-refractivity contribution in [2.75, 3.05) is 19.6 Å². The van der Waals surface area contributed by atoms with Crippen LogP contribution in [0.2, 0.25) is 5.15 Å². The molecule has 3 heterocycles. The lowest BCUT2D eigenvalue weighted by Crippen LogP contribution is -2.62. The minimum absolute atomic E-state index is 0.0535. The van der Waals surface area contributed by atoms with E-state index in [1.807, 2.05) is 0 Å². The molecule has 2 N–H and O–H groups in total. The van der Waals surface area contributed by atoms with Crippen molar-refractivity contribution in [3.8, 4) is 0 Å². The molecule has 7 nitrogen and oxygen atoms in total. The summed E-state index contributed by atoms with van der Waals surface area (Å²) >= 11 is 5.68. The van der Waals surface area contributed by atoms with E-state index in [0.717, 1.165) is 6.42 Å². The van der Waals surface area contributed by atoms with Gasteiger partial charge < -0.3 is 19.8 Å². The van der Waals surface area contributed by atoms with Crippen LogP contribution in [0.5, 0.6) is 0 Å². The second-order valence-electron chi connectivity index (χ2n) is 6.25. The second kappa shape index (κ2) is 6.49. The molecule has 1 aromatic rings. The number of amides is 2. The topological polar surface area (TPSA) is 95.7 Å². The van der Waals surface area contributed by atoms with Gasteiger partial charge in [-0.2, -0.15) is 0 Å². The molecule has 0 unspecified atom stereocenters. The molecule has 0 bridgehead atoms. The largest absolute Gasteiger partial charge is 0.392 e. The molecule has 126 valence electrons. The third kappa shape index (κ3) is 3.21. The first-order valence-electron chi connectivity index (χ1n) is 7.86. The van der Waals surface area contributed by atoms with Crippen LogP contribution in [0.4, 0.5) is 0 Å². The van der Waals surface area contributed by atoms with E-state index in [1.54, 1.807) is 11.0 Å². The van der Waals surface area contributed by atoms with E-state index in [0.29, 0.717) is 38.1 Å². The second-order valence-corrected chi connectivity index (χ2v) is 6.64. The maximum Gasteiger partial charge on any atom is 0.230 e. The summed E-state index contributed by atoms with van der Waals surface area (Å²) in [5.74, 6) is 0.364. The number of aliphatic hydroxyl groups is 1. The summed E-state index contributed by atoms with van der Waals surface area (Å²) < 4.78 is 4.99. The van der Waals surface area contributed by atoms with Crippen molar-refractivity contribution in [3.63, 3.8) is 0 Å². The van der Waals surface area contributed by atoms with E-state index in [2.05, 4.69) is 10.5 Å². The molecule has 1 spiro atoms. The van der Waals surface area contributed by atoms with Crippen LogP contribution in [0.15, 0.2) is 10.6 Å². The number of rotatable bonds is 3. The highest BCUT2D eigenvalue weighted by Gasteiger charge is 2.50. The van der Waals surface area contributed by atoms with Gasteiger partial charge in [-0.3, -0.25) is 9.59 Å². The third-order valence-corrected chi connectivity index (χ3v) is 4.97. The average molecular weight is 342 g/mol. The van der Waals surface area contributed by atoms with Gasteiger partial charge in [0.2, 0.25) is 11.8 Å². The molecule has 2 atom stereocenters. The van der Waals surface area contributed by atoms with Crippen LogP contribution in [-0.2, 0) is 16.0 Å². The number of nitrogens with one attached hydrogen (secondary N) is 1. The Morgan fingerprint density at radius 3 is 3.13 bits per heavy atom. The van der Waals surface area contributed by atoms with Gasteiger partial charge in [0.15, 0.2) is 5.15 Å². The van der Waals surface area contributed by atoms with Crippen molar-refractivity contribution in [1.82, 2.24) is 15.4 Å². The number of likely N-dealkylation sites (tertiary alicyclic amines) is 1. The molecule has 2 amide bonds. The zero-order valence-electron chi connectivity index (χ0n) is 12.8. The van der Waals surface area contributed by atoms with E-state index < -0.39 is 11.5 Å². The molecule has 0 radical (unpaired) electrons. The SMILES string of the molecule is O=C(CCc1cc(Cl)no1)N1CC[C@H](O)[C@@]2(CCCNC2=O)C1. The number of nitrogens with zero attached hydrogens (tertiary/aromatic N) is 2. The fraction of sp³-hybridized carbons (Fsp3) is 0.667. The van der Waals surface area contributed by atoms with Gasteiger partial charge >= 0.3 is 0 Å². The molecule has 1 aromatic heterocycles. The number of aliphatic hydroxyl groups excluding tert-OH is 1. The molecule has 2 saturated heterocycles. The van der Waals surface area contributed by atoms with Crippen LogP contribution in [0.1, 0.15) is 31.4 Å². The average Bonchev–Trinajstić information content (AvgIpc) is 2.96. The fourth-order valence-electron chi connectivity index (χ4n) is 3.45. The Morgan fingerprint density at radius 1 is 1.61 bits per heavy atom. The van der Waals surface area contributed by atoms with Crippen molar-refractivity contribution in [3.05, 3.63) is 17.0 Å².